The normalized spacial score (nSPS) is 20.5. The lowest BCUT2D eigenvalue weighted by atomic mass is 10.1. The number of ether oxygens (including phenoxy) is 1. The van der Waals surface area contributed by atoms with Crippen LogP contribution in [0.3, 0.4) is 0 Å². The lowest BCUT2D eigenvalue weighted by Crippen LogP contribution is -2.43. The summed E-state index contributed by atoms with van der Waals surface area (Å²) in [4.78, 5) is 9.60. The van der Waals surface area contributed by atoms with E-state index in [1.54, 1.807) is 0 Å². The molecule has 0 radical (unpaired) electrons. The first-order valence-corrected chi connectivity index (χ1v) is 10.6. The largest absolute Gasteiger partial charge is 0.493 e. The molecule has 0 saturated carbocycles. The number of aliphatic imine (C=N–C) groups is 1. The van der Waals surface area contributed by atoms with Gasteiger partial charge >= 0.3 is 0 Å². The molecule has 0 bridgehead atoms. The topological polar surface area (TPSA) is 40.1 Å². The molecular weight excluding hydrogens is 463 g/mol. The van der Waals surface area contributed by atoms with Gasteiger partial charge in [0.25, 0.3) is 0 Å². The highest BCUT2D eigenvalue weighted by atomic mass is 127. The van der Waals surface area contributed by atoms with Crippen molar-refractivity contribution in [3.63, 3.8) is 0 Å². The van der Waals surface area contributed by atoms with Crippen molar-refractivity contribution in [1.82, 2.24) is 15.1 Å². The lowest BCUT2D eigenvalue weighted by Gasteiger charge is -2.25. The Morgan fingerprint density at radius 2 is 1.89 bits per heavy atom. The van der Waals surface area contributed by atoms with Gasteiger partial charge in [-0.25, -0.2) is 0 Å². The molecule has 2 saturated heterocycles. The van der Waals surface area contributed by atoms with Crippen molar-refractivity contribution in [3.8, 4) is 5.75 Å². The van der Waals surface area contributed by atoms with Gasteiger partial charge in [0.2, 0.25) is 0 Å². The van der Waals surface area contributed by atoms with E-state index in [-0.39, 0.29) is 24.0 Å². The Kier molecular flexibility index (Phi) is 9.85. The van der Waals surface area contributed by atoms with Crippen molar-refractivity contribution >= 4 is 29.9 Å². The van der Waals surface area contributed by atoms with Crippen LogP contribution in [-0.4, -0.2) is 68.2 Å². The summed E-state index contributed by atoms with van der Waals surface area (Å²) in [5.74, 6) is 2.56. The average Bonchev–Trinajstić information content (AvgIpc) is 3.36. The van der Waals surface area contributed by atoms with E-state index in [4.69, 9.17) is 4.74 Å². The number of nitrogens with one attached hydrogen (secondary N) is 1. The molecule has 2 heterocycles. The molecule has 1 atom stereocenters. The van der Waals surface area contributed by atoms with Gasteiger partial charge < -0.3 is 15.0 Å². The van der Waals surface area contributed by atoms with Crippen LogP contribution in [0.4, 0.5) is 0 Å². The number of hydrogen-bond donors (Lipinski definition) is 1. The van der Waals surface area contributed by atoms with Crippen LogP contribution in [0.25, 0.3) is 0 Å². The number of halogens is 1. The van der Waals surface area contributed by atoms with Crippen molar-refractivity contribution in [2.45, 2.75) is 45.6 Å². The summed E-state index contributed by atoms with van der Waals surface area (Å²) in [5, 5.41) is 3.55. The quantitative estimate of drug-likeness (QED) is 0.353. The third kappa shape index (κ3) is 6.79. The maximum atomic E-state index is 5.76. The predicted octanol–water partition coefficient (Wildman–Crippen LogP) is 3.63. The molecule has 1 aromatic rings. The average molecular weight is 500 g/mol. The minimum absolute atomic E-state index is 0. The molecule has 1 unspecified atom stereocenters. The summed E-state index contributed by atoms with van der Waals surface area (Å²) in [7, 11) is 1.90. The van der Waals surface area contributed by atoms with Crippen molar-refractivity contribution < 1.29 is 4.74 Å². The Labute approximate surface area is 187 Å². The molecule has 0 aliphatic carbocycles. The van der Waals surface area contributed by atoms with E-state index in [0.717, 1.165) is 44.4 Å². The fourth-order valence-electron chi connectivity index (χ4n) is 4.01. The van der Waals surface area contributed by atoms with Crippen molar-refractivity contribution in [2.75, 3.05) is 46.4 Å². The van der Waals surface area contributed by atoms with Crippen molar-refractivity contribution in [3.05, 3.63) is 29.8 Å². The van der Waals surface area contributed by atoms with Crippen LogP contribution in [0.1, 0.15) is 38.7 Å². The second kappa shape index (κ2) is 11.9. The molecule has 158 valence electrons. The zero-order valence-electron chi connectivity index (χ0n) is 17.7. The van der Waals surface area contributed by atoms with Crippen LogP contribution in [0.15, 0.2) is 29.3 Å². The molecule has 2 aliphatic heterocycles. The van der Waals surface area contributed by atoms with Crippen LogP contribution < -0.4 is 10.1 Å². The Balaban J connectivity index is 0.00000280. The fourth-order valence-corrected chi connectivity index (χ4v) is 4.01. The van der Waals surface area contributed by atoms with Gasteiger partial charge in [-0.3, -0.25) is 9.89 Å². The van der Waals surface area contributed by atoms with Gasteiger partial charge in [0.05, 0.1) is 6.61 Å². The fraction of sp³-hybridized carbons (Fsp3) is 0.682. The molecule has 0 aromatic heterocycles. The van der Waals surface area contributed by atoms with Gasteiger partial charge in [-0.15, -0.1) is 24.0 Å². The van der Waals surface area contributed by atoms with Gasteiger partial charge in [0.1, 0.15) is 5.75 Å². The maximum absolute atomic E-state index is 5.76. The second-order valence-electron chi connectivity index (χ2n) is 8.20. The zero-order valence-corrected chi connectivity index (χ0v) is 20.0. The summed E-state index contributed by atoms with van der Waals surface area (Å²) in [6.07, 6.45) is 4.99. The number of guanidine groups is 1. The van der Waals surface area contributed by atoms with Crippen molar-refractivity contribution in [1.29, 1.82) is 0 Å². The van der Waals surface area contributed by atoms with Gasteiger partial charge in [0.15, 0.2) is 5.96 Å². The van der Waals surface area contributed by atoms with Crippen LogP contribution in [0.5, 0.6) is 5.75 Å². The Morgan fingerprint density at radius 3 is 2.54 bits per heavy atom. The number of hydrogen-bond acceptors (Lipinski definition) is 3. The molecule has 3 rings (SSSR count). The molecule has 2 fully saturated rings. The molecule has 28 heavy (non-hydrogen) atoms. The van der Waals surface area contributed by atoms with Gasteiger partial charge in [-0.1, -0.05) is 26.0 Å². The third-order valence-corrected chi connectivity index (χ3v) is 5.54. The first kappa shape index (κ1) is 23.3. The molecule has 0 spiro atoms. The summed E-state index contributed by atoms with van der Waals surface area (Å²) < 4.78 is 5.76. The van der Waals surface area contributed by atoms with E-state index in [0.29, 0.717) is 12.0 Å². The SMILES string of the molecule is CN=C(NCCc1ccc(OCC(C)C)cc1)N1CCC(N2CCCC2)C1.I. The second-order valence-corrected chi connectivity index (χ2v) is 8.20. The van der Waals surface area contributed by atoms with E-state index >= 15 is 0 Å². The first-order valence-electron chi connectivity index (χ1n) is 10.6. The minimum atomic E-state index is 0. The zero-order chi connectivity index (χ0) is 19.1. The minimum Gasteiger partial charge on any atom is -0.493 e. The van der Waals surface area contributed by atoms with E-state index in [2.05, 4.69) is 58.2 Å². The maximum Gasteiger partial charge on any atom is 0.193 e. The molecule has 0 amide bonds. The van der Waals surface area contributed by atoms with Gasteiger partial charge in [0, 0.05) is 32.7 Å². The molecule has 6 heteroatoms. The molecular formula is C22H37IN4O. The number of nitrogens with zero attached hydrogens (tertiary/aromatic N) is 3. The first-order chi connectivity index (χ1) is 13.2. The number of rotatable bonds is 7. The van der Waals surface area contributed by atoms with Crippen LogP contribution in [-0.2, 0) is 6.42 Å². The number of likely N-dealkylation sites (tertiary alicyclic amines) is 2. The van der Waals surface area contributed by atoms with Crippen LogP contribution in [0, 0.1) is 5.92 Å². The van der Waals surface area contributed by atoms with Gasteiger partial charge in [-0.05, 0) is 62.4 Å². The summed E-state index contributed by atoms with van der Waals surface area (Å²) in [5.41, 5.74) is 1.33. The monoisotopic (exact) mass is 500 g/mol. The number of benzene rings is 1. The highest BCUT2D eigenvalue weighted by molar-refractivity contribution is 14.0. The molecule has 2 aliphatic rings. The predicted molar refractivity (Wildman–Crippen MR) is 128 cm³/mol. The Hall–Kier alpha value is -1.02. The Morgan fingerprint density at radius 1 is 1.18 bits per heavy atom. The summed E-state index contributed by atoms with van der Waals surface area (Å²) >= 11 is 0. The van der Waals surface area contributed by atoms with E-state index in [9.17, 15) is 0 Å². The standard InChI is InChI=1S/C22H36N4O.HI/c1-18(2)17-27-21-8-6-19(7-9-21)10-12-24-22(23-3)26-15-11-20(16-26)25-13-4-5-14-25;/h6-9,18,20H,4-5,10-17H2,1-3H3,(H,23,24);1H. The third-order valence-electron chi connectivity index (χ3n) is 5.54. The highest BCUT2D eigenvalue weighted by Gasteiger charge is 2.30. The molecule has 5 nitrogen and oxygen atoms in total. The molecule has 1 N–H and O–H groups in total. The van der Waals surface area contributed by atoms with Crippen LogP contribution >= 0.6 is 24.0 Å². The van der Waals surface area contributed by atoms with Gasteiger partial charge in [-0.2, -0.15) is 0 Å². The lowest BCUT2D eigenvalue weighted by molar-refractivity contribution is 0.249. The van der Waals surface area contributed by atoms with Crippen molar-refractivity contribution in [2.24, 2.45) is 10.9 Å². The van der Waals surface area contributed by atoms with E-state index in [1.807, 2.05) is 7.05 Å². The smallest absolute Gasteiger partial charge is 0.193 e. The Bertz CT molecular complexity index is 599. The molecule has 1 aromatic carbocycles. The van der Waals surface area contributed by atoms with E-state index in [1.165, 1.54) is 37.9 Å². The van der Waals surface area contributed by atoms with Crippen LogP contribution in [0.2, 0.25) is 0 Å². The van der Waals surface area contributed by atoms with E-state index < -0.39 is 0 Å². The highest BCUT2D eigenvalue weighted by Crippen LogP contribution is 2.20. The summed E-state index contributed by atoms with van der Waals surface area (Å²) in [6, 6.07) is 9.20. The summed E-state index contributed by atoms with van der Waals surface area (Å²) in [6.45, 7) is 10.8.